The average Bonchev–Trinajstić information content (AvgIpc) is 2.73. The molecule has 0 amide bonds. The van der Waals surface area contributed by atoms with E-state index in [4.69, 9.17) is 11.6 Å². The van der Waals surface area contributed by atoms with Gasteiger partial charge in [-0.3, -0.25) is 14.9 Å². The number of nitro groups is 1. The van der Waals surface area contributed by atoms with Gasteiger partial charge in [0.25, 0.3) is 5.69 Å². The first kappa shape index (κ1) is 15.3. The van der Waals surface area contributed by atoms with E-state index in [2.05, 4.69) is 0 Å². The van der Waals surface area contributed by atoms with Gasteiger partial charge in [-0.25, -0.2) is 0 Å². The Morgan fingerprint density at radius 1 is 1.29 bits per heavy atom. The van der Waals surface area contributed by atoms with Gasteiger partial charge in [0.15, 0.2) is 5.78 Å². The van der Waals surface area contributed by atoms with E-state index in [-0.39, 0.29) is 11.5 Å². The number of ketones is 1. The highest BCUT2D eigenvalue weighted by atomic mass is 35.5. The Balaban J connectivity index is 2.50. The minimum atomic E-state index is -0.587. The maximum Gasteiger partial charge on any atom is 0.269 e. The Labute approximate surface area is 127 Å². The molecule has 0 bridgehead atoms. The summed E-state index contributed by atoms with van der Waals surface area (Å²) in [5.74, 6) is -0.127. The Kier molecular flexibility index (Phi) is 4.14. The van der Waals surface area contributed by atoms with E-state index >= 15 is 0 Å². The number of Topliss-reactive ketones (excluding diaryl/α,β-unsaturated/α-hetero) is 1. The zero-order chi connectivity index (χ0) is 15.7. The molecule has 0 N–H and O–H groups in total. The number of nitro benzene ring substituents is 1. The molecule has 0 saturated heterocycles. The molecule has 0 aliphatic heterocycles. The van der Waals surface area contributed by atoms with E-state index in [1.807, 2.05) is 18.4 Å². The molecule has 0 radical (unpaired) electrons. The summed E-state index contributed by atoms with van der Waals surface area (Å²) in [6, 6.07) is 8.00. The number of hydrogen-bond acceptors (Lipinski definition) is 3. The van der Waals surface area contributed by atoms with Crippen molar-refractivity contribution in [2.45, 2.75) is 26.1 Å². The predicted molar refractivity (Wildman–Crippen MR) is 81.5 cm³/mol. The van der Waals surface area contributed by atoms with Crippen molar-refractivity contribution in [3.63, 3.8) is 0 Å². The van der Waals surface area contributed by atoms with Gasteiger partial charge in [0.1, 0.15) is 0 Å². The molecule has 0 aliphatic carbocycles. The zero-order valence-electron chi connectivity index (χ0n) is 12.0. The molecular weight excluding hydrogens is 292 g/mol. The third-order valence-corrected chi connectivity index (χ3v) is 3.57. The summed E-state index contributed by atoms with van der Waals surface area (Å²) in [6.07, 6.45) is 0. The quantitative estimate of drug-likeness (QED) is 0.373. The molecule has 2 aromatic rings. The zero-order valence-corrected chi connectivity index (χ0v) is 12.7. The molecule has 1 atom stereocenters. The van der Waals surface area contributed by atoms with Crippen molar-refractivity contribution in [2.24, 2.45) is 0 Å². The smallest absolute Gasteiger partial charge is 0.269 e. The third kappa shape index (κ3) is 2.83. The second-order valence-corrected chi connectivity index (χ2v) is 5.53. The second-order valence-electron chi connectivity index (χ2n) is 4.87. The first-order chi connectivity index (χ1) is 9.82. The van der Waals surface area contributed by atoms with E-state index < -0.39 is 10.3 Å². The summed E-state index contributed by atoms with van der Waals surface area (Å²) in [7, 11) is 0. The van der Waals surface area contributed by atoms with Crippen LogP contribution in [0.4, 0.5) is 5.69 Å². The van der Waals surface area contributed by atoms with Gasteiger partial charge in [0, 0.05) is 34.8 Å². The highest BCUT2D eigenvalue weighted by Crippen LogP contribution is 2.24. The molecule has 6 heteroatoms. The average molecular weight is 307 g/mol. The van der Waals surface area contributed by atoms with Gasteiger partial charge in [-0.2, -0.15) is 0 Å². The number of aryl methyl sites for hydroxylation is 1. The van der Waals surface area contributed by atoms with Crippen LogP contribution >= 0.6 is 11.6 Å². The van der Waals surface area contributed by atoms with Gasteiger partial charge < -0.3 is 4.57 Å². The molecule has 1 aromatic carbocycles. The molecule has 5 nitrogen and oxygen atoms in total. The third-order valence-electron chi connectivity index (χ3n) is 3.38. The SMILES string of the molecule is Cc1cc(C(=O)C(C)Cl)c(C)n1-c1ccc([N+](=O)[O-])cc1. The lowest BCUT2D eigenvalue weighted by Crippen LogP contribution is -2.11. The van der Waals surface area contributed by atoms with Crippen molar-refractivity contribution in [1.82, 2.24) is 4.57 Å². The van der Waals surface area contributed by atoms with E-state index in [0.717, 1.165) is 17.1 Å². The van der Waals surface area contributed by atoms with Crippen molar-refractivity contribution in [3.05, 3.63) is 57.4 Å². The van der Waals surface area contributed by atoms with Crippen LogP contribution < -0.4 is 0 Å². The Hall–Kier alpha value is -2.14. The predicted octanol–water partition coefficient (Wildman–Crippen LogP) is 3.81. The molecule has 0 spiro atoms. The van der Waals surface area contributed by atoms with Crippen LogP contribution in [0.15, 0.2) is 30.3 Å². The largest absolute Gasteiger partial charge is 0.318 e. The molecule has 1 aromatic heterocycles. The van der Waals surface area contributed by atoms with Gasteiger partial charge >= 0.3 is 0 Å². The Morgan fingerprint density at radius 3 is 2.33 bits per heavy atom. The lowest BCUT2D eigenvalue weighted by atomic mass is 10.1. The van der Waals surface area contributed by atoms with Crippen LogP contribution in [-0.2, 0) is 0 Å². The monoisotopic (exact) mass is 306 g/mol. The lowest BCUT2D eigenvalue weighted by Gasteiger charge is -2.10. The van der Waals surface area contributed by atoms with Crippen LogP contribution in [0, 0.1) is 24.0 Å². The minimum Gasteiger partial charge on any atom is -0.318 e. The van der Waals surface area contributed by atoms with Gasteiger partial charge in [-0.1, -0.05) is 0 Å². The Bertz CT molecular complexity index is 702. The standard InChI is InChI=1S/C15H15ClN2O3/c1-9-8-14(15(19)10(2)16)11(3)17(9)12-4-6-13(7-5-12)18(20)21/h4-8,10H,1-3H3. The van der Waals surface area contributed by atoms with Crippen LogP contribution in [0.2, 0.25) is 0 Å². The summed E-state index contributed by atoms with van der Waals surface area (Å²) in [6.45, 7) is 5.35. The summed E-state index contributed by atoms with van der Waals surface area (Å²) in [5.41, 5.74) is 3.04. The highest BCUT2D eigenvalue weighted by Gasteiger charge is 2.20. The molecule has 110 valence electrons. The summed E-state index contributed by atoms with van der Waals surface area (Å²) < 4.78 is 1.89. The molecule has 1 unspecified atom stereocenters. The molecule has 21 heavy (non-hydrogen) atoms. The molecule has 0 saturated carbocycles. The van der Waals surface area contributed by atoms with Gasteiger partial charge in [0.05, 0.1) is 10.3 Å². The number of carbonyl (C=O) groups is 1. The van der Waals surface area contributed by atoms with E-state index in [0.29, 0.717) is 5.56 Å². The number of alkyl halides is 1. The number of benzene rings is 1. The lowest BCUT2D eigenvalue weighted by molar-refractivity contribution is -0.384. The fraction of sp³-hybridized carbons (Fsp3) is 0.267. The van der Waals surface area contributed by atoms with E-state index in [9.17, 15) is 14.9 Å². The molecule has 0 aliphatic rings. The number of hydrogen-bond donors (Lipinski definition) is 0. The second kappa shape index (κ2) is 5.69. The molecule has 1 heterocycles. The molecular formula is C15H15ClN2O3. The summed E-state index contributed by atoms with van der Waals surface area (Å²) in [5, 5.41) is 10.1. The Morgan fingerprint density at radius 2 is 1.86 bits per heavy atom. The van der Waals surface area contributed by atoms with Crippen LogP contribution in [0.1, 0.15) is 28.7 Å². The fourth-order valence-corrected chi connectivity index (χ4v) is 2.46. The van der Waals surface area contributed by atoms with E-state index in [1.54, 1.807) is 25.1 Å². The maximum atomic E-state index is 12.1. The number of nitrogens with zero attached hydrogens (tertiary/aromatic N) is 2. The number of aromatic nitrogens is 1. The van der Waals surface area contributed by atoms with Crippen LogP contribution in [0.25, 0.3) is 5.69 Å². The fourth-order valence-electron chi connectivity index (χ4n) is 2.35. The van der Waals surface area contributed by atoms with Gasteiger partial charge in [-0.15, -0.1) is 11.6 Å². The number of halogens is 1. The number of non-ortho nitro benzene ring substituents is 1. The van der Waals surface area contributed by atoms with Crippen molar-refractivity contribution < 1.29 is 9.72 Å². The summed E-state index contributed by atoms with van der Waals surface area (Å²) >= 11 is 5.86. The van der Waals surface area contributed by atoms with Crippen LogP contribution in [-0.4, -0.2) is 20.7 Å². The first-order valence-electron chi connectivity index (χ1n) is 6.45. The minimum absolute atomic E-state index is 0.0342. The van der Waals surface area contributed by atoms with Crippen molar-refractivity contribution >= 4 is 23.1 Å². The van der Waals surface area contributed by atoms with Crippen molar-refractivity contribution in [1.29, 1.82) is 0 Å². The highest BCUT2D eigenvalue weighted by molar-refractivity contribution is 6.33. The molecule has 0 fully saturated rings. The summed E-state index contributed by atoms with van der Waals surface area (Å²) in [4.78, 5) is 22.3. The number of rotatable bonds is 4. The van der Waals surface area contributed by atoms with Crippen LogP contribution in [0.3, 0.4) is 0 Å². The van der Waals surface area contributed by atoms with Crippen molar-refractivity contribution in [2.75, 3.05) is 0 Å². The normalized spacial score (nSPS) is 12.2. The topological polar surface area (TPSA) is 65.1 Å². The van der Waals surface area contributed by atoms with Crippen LogP contribution in [0.5, 0.6) is 0 Å². The number of carbonyl (C=O) groups excluding carboxylic acids is 1. The van der Waals surface area contributed by atoms with Gasteiger partial charge in [0.2, 0.25) is 0 Å². The molecule has 2 rings (SSSR count). The first-order valence-corrected chi connectivity index (χ1v) is 6.88. The van der Waals surface area contributed by atoms with Gasteiger partial charge in [-0.05, 0) is 39.0 Å². The van der Waals surface area contributed by atoms with E-state index in [1.165, 1.54) is 12.1 Å². The van der Waals surface area contributed by atoms with Crippen molar-refractivity contribution in [3.8, 4) is 5.69 Å². The maximum absolute atomic E-state index is 12.1.